The molecule has 1 aliphatic rings. The third-order valence-electron chi connectivity index (χ3n) is 1.25. The molecule has 0 aromatic rings. The van der Waals surface area contributed by atoms with Crippen LogP contribution in [0.3, 0.4) is 0 Å². The van der Waals surface area contributed by atoms with Crippen molar-refractivity contribution < 1.29 is 0 Å². The molecule has 0 atom stereocenters. The van der Waals surface area contributed by atoms with Crippen LogP contribution in [0.2, 0.25) is 0 Å². The average Bonchev–Trinajstić information content (AvgIpc) is 2.26. The predicted molar refractivity (Wildman–Crippen MR) is 34.4 cm³/mol. The van der Waals surface area contributed by atoms with Crippen LogP contribution in [0.4, 0.5) is 0 Å². The molecule has 0 aliphatic heterocycles. The van der Waals surface area contributed by atoms with Crippen LogP contribution in [0.15, 0.2) is 0 Å². The summed E-state index contributed by atoms with van der Waals surface area (Å²) in [5, 5.41) is 0. The van der Waals surface area contributed by atoms with E-state index in [1.807, 2.05) is 13.8 Å². The summed E-state index contributed by atoms with van der Waals surface area (Å²) in [5.41, 5.74) is 0.750. The highest BCUT2D eigenvalue weighted by Gasteiger charge is 2.30. The fourth-order valence-electron chi connectivity index (χ4n) is 0.250. The molecule has 1 fully saturated rings. The highest BCUT2D eigenvalue weighted by molar-refractivity contribution is 4.82. The summed E-state index contributed by atoms with van der Waals surface area (Å²) in [6, 6.07) is 0. The van der Waals surface area contributed by atoms with Crippen LogP contribution in [0.5, 0.6) is 0 Å². The van der Waals surface area contributed by atoms with Crippen LogP contribution in [-0.4, -0.2) is 0 Å². The summed E-state index contributed by atoms with van der Waals surface area (Å²) < 4.78 is 0. The largest absolute Gasteiger partial charge is 0.0683 e. The Morgan fingerprint density at radius 1 is 1.00 bits per heavy atom. The van der Waals surface area contributed by atoms with E-state index in [0.717, 1.165) is 5.41 Å². The number of hydrogen-bond acceptors (Lipinski definition) is 0. The minimum Gasteiger partial charge on any atom is -0.0683 e. The van der Waals surface area contributed by atoms with Crippen molar-refractivity contribution in [1.82, 2.24) is 0 Å². The SMILES string of the molecule is CC.CC1(C)CC1. The highest BCUT2D eigenvalue weighted by atomic mass is 14.4. The molecule has 0 N–H and O–H groups in total. The molecule has 0 amide bonds. The molecule has 0 bridgehead atoms. The minimum absolute atomic E-state index is 0.750. The molecule has 1 rings (SSSR count). The van der Waals surface area contributed by atoms with Crippen molar-refractivity contribution in [3.63, 3.8) is 0 Å². The molecular formula is C7H16. The topological polar surface area (TPSA) is 0 Å². The normalized spacial score (nSPS) is 22.3. The second-order valence-corrected chi connectivity index (χ2v) is 2.66. The van der Waals surface area contributed by atoms with E-state index in [9.17, 15) is 0 Å². The van der Waals surface area contributed by atoms with E-state index in [1.165, 1.54) is 12.8 Å². The minimum atomic E-state index is 0.750. The molecule has 0 radical (unpaired) electrons. The summed E-state index contributed by atoms with van der Waals surface area (Å²) in [4.78, 5) is 0. The summed E-state index contributed by atoms with van der Waals surface area (Å²) in [6.45, 7) is 8.60. The molecule has 1 saturated carbocycles. The van der Waals surface area contributed by atoms with Gasteiger partial charge in [0.1, 0.15) is 0 Å². The van der Waals surface area contributed by atoms with Crippen molar-refractivity contribution in [2.75, 3.05) is 0 Å². The first-order valence-corrected chi connectivity index (χ1v) is 3.21. The van der Waals surface area contributed by atoms with Crippen molar-refractivity contribution in [2.24, 2.45) is 5.41 Å². The van der Waals surface area contributed by atoms with E-state index in [-0.39, 0.29) is 0 Å². The zero-order chi connectivity index (χ0) is 5.91. The van der Waals surface area contributed by atoms with Crippen LogP contribution >= 0.6 is 0 Å². The first-order chi connectivity index (χ1) is 3.21. The molecule has 44 valence electrons. The lowest BCUT2D eigenvalue weighted by atomic mass is 10.2. The maximum Gasteiger partial charge on any atom is -0.0354 e. The van der Waals surface area contributed by atoms with E-state index in [2.05, 4.69) is 13.8 Å². The Bertz CT molecular complexity index is 38.0. The Morgan fingerprint density at radius 3 is 1.14 bits per heavy atom. The van der Waals surface area contributed by atoms with Crippen molar-refractivity contribution in [3.8, 4) is 0 Å². The molecular weight excluding hydrogens is 84.1 g/mol. The van der Waals surface area contributed by atoms with Crippen molar-refractivity contribution >= 4 is 0 Å². The van der Waals surface area contributed by atoms with Gasteiger partial charge in [-0.2, -0.15) is 0 Å². The van der Waals surface area contributed by atoms with Gasteiger partial charge in [0.25, 0.3) is 0 Å². The van der Waals surface area contributed by atoms with Crippen molar-refractivity contribution in [3.05, 3.63) is 0 Å². The zero-order valence-electron chi connectivity index (χ0n) is 5.91. The highest BCUT2D eigenvalue weighted by Crippen LogP contribution is 2.43. The fraction of sp³-hybridized carbons (Fsp3) is 1.00. The van der Waals surface area contributed by atoms with Crippen LogP contribution in [0.1, 0.15) is 40.5 Å². The van der Waals surface area contributed by atoms with Gasteiger partial charge in [0.05, 0.1) is 0 Å². The van der Waals surface area contributed by atoms with E-state index < -0.39 is 0 Å². The van der Waals surface area contributed by atoms with Gasteiger partial charge < -0.3 is 0 Å². The maximum absolute atomic E-state index is 2.30. The van der Waals surface area contributed by atoms with Gasteiger partial charge in [-0.05, 0) is 18.3 Å². The van der Waals surface area contributed by atoms with Gasteiger partial charge in [0.15, 0.2) is 0 Å². The number of rotatable bonds is 0. The first kappa shape index (κ1) is 7.00. The van der Waals surface area contributed by atoms with Gasteiger partial charge in [-0.3, -0.25) is 0 Å². The zero-order valence-corrected chi connectivity index (χ0v) is 5.91. The van der Waals surface area contributed by atoms with Crippen LogP contribution in [0.25, 0.3) is 0 Å². The summed E-state index contributed by atoms with van der Waals surface area (Å²) in [5.74, 6) is 0. The molecule has 7 heavy (non-hydrogen) atoms. The molecule has 0 heterocycles. The molecule has 0 aromatic heterocycles. The molecule has 0 aromatic carbocycles. The average molecular weight is 100 g/mol. The van der Waals surface area contributed by atoms with Crippen molar-refractivity contribution in [1.29, 1.82) is 0 Å². The second-order valence-electron chi connectivity index (χ2n) is 2.66. The molecule has 0 unspecified atom stereocenters. The summed E-state index contributed by atoms with van der Waals surface area (Å²) in [7, 11) is 0. The molecule has 0 saturated heterocycles. The van der Waals surface area contributed by atoms with E-state index in [4.69, 9.17) is 0 Å². The maximum atomic E-state index is 2.30. The molecule has 0 spiro atoms. The van der Waals surface area contributed by atoms with E-state index >= 15 is 0 Å². The van der Waals surface area contributed by atoms with Gasteiger partial charge in [0.2, 0.25) is 0 Å². The lowest BCUT2D eigenvalue weighted by Crippen LogP contribution is -1.75. The van der Waals surface area contributed by atoms with Crippen LogP contribution in [-0.2, 0) is 0 Å². The van der Waals surface area contributed by atoms with E-state index in [0.29, 0.717) is 0 Å². The first-order valence-electron chi connectivity index (χ1n) is 3.21. The summed E-state index contributed by atoms with van der Waals surface area (Å²) in [6.07, 6.45) is 2.90. The molecule has 0 nitrogen and oxygen atoms in total. The lowest BCUT2D eigenvalue weighted by Gasteiger charge is -1.86. The third kappa shape index (κ3) is 3.84. The fourth-order valence-corrected chi connectivity index (χ4v) is 0.250. The Hall–Kier alpha value is 0. The summed E-state index contributed by atoms with van der Waals surface area (Å²) >= 11 is 0. The van der Waals surface area contributed by atoms with Crippen LogP contribution < -0.4 is 0 Å². The Kier molecular flexibility index (Phi) is 2.34. The standard InChI is InChI=1S/C5H10.C2H6/c1-5(2)3-4-5;1-2/h3-4H2,1-2H3;1-2H3. The predicted octanol–water partition coefficient (Wildman–Crippen LogP) is 2.83. The monoisotopic (exact) mass is 100 g/mol. The van der Waals surface area contributed by atoms with Gasteiger partial charge in [0, 0.05) is 0 Å². The van der Waals surface area contributed by atoms with E-state index in [1.54, 1.807) is 0 Å². The molecule has 0 heteroatoms. The van der Waals surface area contributed by atoms with Crippen molar-refractivity contribution in [2.45, 2.75) is 40.5 Å². The Balaban J connectivity index is 0.000000162. The molecule has 1 aliphatic carbocycles. The smallest absolute Gasteiger partial charge is 0.0354 e. The quantitative estimate of drug-likeness (QED) is 0.439. The van der Waals surface area contributed by atoms with Crippen LogP contribution in [0, 0.1) is 5.41 Å². The van der Waals surface area contributed by atoms with Gasteiger partial charge in [-0.15, -0.1) is 0 Å². The number of hydrogen-bond donors (Lipinski definition) is 0. The van der Waals surface area contributed by atoms with Gasteiger partial charge in [-0.25, -0.2) is 0 Å². The lowest BCUT2D eigenvalue weighted by molar-refractivity contribution is 0.653. The van der Waals surface area contributed by atoms with Gasteiger partial charge >= 0.3 is 0 Å². The van der Waals surface area contributed by atoms with Gasteiger partial charge in [-0.1, -0.05) is 27.7 Å². The third-order valence-corrected chi connectivity index (χ3v) is 1.25. The Morgan fingerprint density at radius 2 is 1.14 bits per heavy atom. The second kappa shape index (κ2) is 2.34. The Labute approximate surface area is 46.9 Å².